The summed E-state index contributed by atoms with van der Waals surface area (Å²) in [5.74, 6) is -0.871. The van der Waals surface area contributed by atoms with Crippen molar-refractivity contribution in [2.75, 3.05) is 0 Å². The Balaban J connectivity index is 1.85. The summed E-state index contributed by atoms with van der Waals surface area (Å²) >= 11 is 1.69. The molecule has 0 unspecified atom stereocenters. The van der Waals surface area contributed by atoms with Crippen LogP contribution in [0.4, 0.5) is 0 Å². The first kappa shape index (κ1) is 19.1. The maximum atomic E-state index is 11.9. The van der Waals surface area contributed by atoms with E-state index in [9.17, 15) is 9.90 Å². The lowest BCUT2D eigenvalue weighted by molar-refractivity contribution is 0.0694. The molecule has 4 nitrogen and oxygen atoms in total. The number of thiophene rings is 1. The van der Waals surface area contributed by atoms with Crippen LogP contribution in [0.1, 0.15) is 43.3 Å². The molecule has 27 heavy (non-hydrogen) atoms. The van der Waals surface area contributed by atoms with Gasteiger partial charge in [-0.3, -0.25) is 0 Å². The molecule has 140 valence electrons. The van der Waals surface area contributed by atoms with E-state index in [-0.39, 0.29) is 0 Å². The molecule has 0 atom stereocenters. The summed E-state index contributed by atoms with van der Waals surface area (Å²) in [5.41, 5.74) is 5.27. The van der Waals surface area contributed by atoms with Crippen LogP contribution in [-0.4, -0.2) is 15.6 Å². The van der Waals surface area contributed by atoms with Gasteiger partial charge in [-0.2, -0.15) is 0 Å². The van der Waals surface area contributed by atoms with Crippen molar-refractivity contribution in [2.24, 2.45) is 0 Å². The standard InChI is InChI=1S/C22H24N2O2S/c1-4-17-7-9-18(10-8-17)14-24-15(2)20(21(16(24)3)22(25)26)13-23-12-19-6-5-11-27-19/h4-11,23H,1,12-14H2,2-3H3,(H,25,26). The van der Waals surface area contributed by atoms with E-state index >= 15 is 0 Å². The zero-order valence-corrected chi connectivity index (χ0v) is 16.5. The van der Waals surface area contributed by atoms with Gasteiger partial charge < -0.3 is 15.0 Å². The predicted molar refractivity (Wildman–Crippen MR) is 111 cm³/mol. The first-order valence-corrected chi connectivity index (χ1v) is 9.75. The second kappa shape index (κ2) is 8.37. The van der Waals surface area contributed by atoms with Crippen LogP contribution in [0.2, 0.25) is 0 Å². The molecule has 2 aromatic heterocycles. The summed E-state index contributed by atoms with van der Waals surface area (Å²) in [6.07, 6.45) is 1.82. The minimum Gasteiger partial charge on any atom is -0.478 e. The van der Waals surface area contributed by atoms with Crippen LogP contribution in [0.5, 0.6) is 0 Å². The fourth-order valence-corrected chi connectivity index (χ4v) is 4.03. The van der Waals surface area contributed by atoms with Crippen molar-refractivity contribution in [3.05, 3.63) is 86.9 Å². The number of hydrogen-bond donors (Lipinski definition) is 2. The van der Waals surface area contributed by atoms with Crippen LogP contribution in [0.25, 0.3) is 6.08 Å². The van der Waals surface area contributed by atoms with Gasteiger partial charge in [0.1, 0.15) is 0 Å². The van der Waals surface area contributed by atoms with E-state index in [1.54, 1.807) is 11.3 Å². The SMILES string of the molecule is C=Cc1ccc(Cn2c(C)c(CNCc3cccs3)c(C(=O)O)c2C)cc1. The zero-order valence-electron chi connectivity index (χ0n) is 15.7. The number of carboxylic acid groups (broad SMARTS) is 1. The van der Waals surface area contributed by atoms with E-state index in [4.69, 9.17) is 0 Å². The Morgan fingerprint density at radius 2 is 1.93 bits per heavy atom. The lowest BCUT2D eigenvalue weighted by Crippen LogP contribution is -2.15. The number of rotatable bonds is 8. The molecule has 0 spiro atoms. The Hall–Kier alpha value is -2.63. The van der Waals surface area contributed by atoms with Gasteiger partial charge in [0.25, 0.3) is 0 Å². The van der Waals surface area contributed by atoms with Gasteiger partial charge in [0.2, 0.25) is 0 Å². The van der Waals surface area contributed by atoms with Gasteiger partial charge in [-0.1, -0.05) is 43.0 Å². The normalized spacial score (nSPS) is 10.9. The summed E-state index contributed by atoms with van der Waals surface area (Å²) < 4.78 is 2.09. The fourth-order valence-electron chi connectivity index (χ4n) is 3.35. The smallest absolute Gasteiger partial charge is 0.337 e. The minimum absolute atomic E-state index is 0.411. The van der Waals surface area contributed by atoms with Crippen LogP contribution >= 0.6 is 11.3 Å². The number of benzene rings is 1. The second-order valence-corrected chi connectivity index (χ2v) is 7.58. The largest absolute Gasteiger partial charge is 0.478 e. The molecule has 0 radical (unpaired) electrons. The maximum absolute atomic E-state index is 11.9. The Morgan fingerprint density at radius 1 is 1.19 bits per heavy atom. The van der Waals surface area contributed by atoms with Gasteiger partial charge in [0, 0.05) is 41.5 Å². The molecular formula is C22H24N2O2S. The quantitative estimate of drug-likeness (QED) is 0.588. The van der Waals surface area contributed by atoms with Gasteiger partial charge in [0.05, 0.1) is 5.56 Å². The van der Waals surface area contributed by atoms with Gasteiger partial charge >= 0.3 is 5.97 Å². The van der Waals surface area contributed by atoms with Gasteiger partial charge in [0.15, 0.2) is 0 Å². The Labute approximate surface area is 163 Å². The Bertz CT molecular complexity index is 938. The van der Waals surface area contributed by atoms with Gasteiger partial charge in [-0.15, -0.1) is 11.3 Å². The molecule has 3 aromatic rings. The van der Waals surface area contributed by atoms with E-state index in [2.05, 4.69) is 34.7 Å². The molecule has 0 aliphatic carbocycles. The molecule has 0 bridgehead atoms. The number of nitrogens with one attached hydrogen (secondary N) is 1. The van der Waals surface area contributed by atoms with Crippen molar-refractivity contribution in [2.45, 2.75) is 33.5 Å². The average molecular weight is 381 g/mol. The van der Waals surface area contributed by atoms with Crippen LogP contribution in [0.15, 0.2) is 48.4 Å². The highest BCUT2D eigenvalue weighted by molar-refractivity contribution is 7.09. The highest BCUT2D eigenvalue weighted by Crippen LogP contribution is 2.24. The number of hydrogen-bond acceptors (Lipinski definition) is 3. The third-order valence-corrected chi connectivity index (χ3v) is 5.74. The van der Waals surface area contributed by atoms with Crippen molar-refractivity contribution >= 4 is 23.4 Å². The number of carbonyl (C=O) groups is 1. The van der Waals surface area contributed by atoms with Gasteiger partial charge in [-0.25, -0.2) is 4.79 Å². The number of carboxylic acids is 1. The van der Waals surface area contributed by atoms with Crippen molar-refractivity contribution in [1.29, 1.82) is 0 Å². The summed E-state index contributed by atoms with van der Waals surface area (Å²) in [5, 5.41) is 15.2. The molecule has 3 rings (SSSR count). The summed E-state index contributed by atoms with van der Waals surface area (Å²) in [7, 11) is 0. The highest BCUT2D eigenvalue weighted by Gasteiger charge is 2.22. The van der Waals surface area contributed by atoms with Crippen LogP contribution in [-0.2, 0) is 19.6 Å². The van der Waals surface area contributed by atoms with E-state index in [0.29, 0.717) is 18.7 Å². The van der Waals surface area contributed by atoms with E-state index < -0.39 is 5.97 Å². The van der Waals surface area contributed by atoms with Crippen LogP contribution in [0.3, 0.4) is 0 Å². The van der Waals surface area contributed by atoms with Crippen LogP contribution in [0, 0.1) is 13.8 Å². The van der Waals surface area contributed by atoms with Crippen LogP contribution < -0.4 is 5.32 Å². The van der Waals surface area contributed by atoms with E-state index in [0.717, 1.165) is 34.6 Å². The lowest BCUT2D eigenvalue weighted by atomic mass is 10.1. The van der Waals surface area contributed by atoms with Crippen molar-refractivity contribution in [3.63, 3.8) is 0 Å². The zero-order chi connectivity index (χ0) is 19.4. The fraction of sp³-hybridized carbons (Fsp3) is 0.227. The number of aromatic carboxylic acids is 1. The third kappa shape index (κ3) is 4.21. The molecule has 0 aliphatic rings. The minimum atomic E-state index is -0.871. The first-order valence-electron chi connectivity index (χ1n) is 8.87. The highest BCUT2D eigenvalue weighted by atomic mass is 32.1. The molecule has 0 saturated carbocycles. The Kier molecular flexibility index (Phi) is 5.94. The molecule has 5 heteroatoms. The van der Waals surface area contributed by atoms with Crippen molar-refractivity contribution in [3.8, 4) is 0 Å². The molecule has 0 aliphatic heterocycles. The average Bonchev–Trinajstić information content (AvgIpc) is 3.25. The third-order valence-electron chi connectivity index (χ3n) is 4.86. The molecule has 2 N–H and O–H groups in total. The predicted octanol–water partition coefficient (Wildman–Crippen LogP) is 4.85. The number of nitrogens with zero attached hydrogens (tertiary/aromatic N) is 1. The molecule has 0 amide bonds. The number of aromatic nitrogens is 1. The lowest BCUT2D eigenvalue weighted by Gasteiger charge is -2.10. The second-order valence-electron chi connectivity index (χ2n) is 6.54. The molecule has 2 heterocycles. The molecule has 0 saturated heterocycles. The molecule has 0 fully saturated rings. The maximum Gasteiger partial charge on any atom is 0.337 e. The monoisotopic (exact) mass is 380 g/mol. The topological polar surface area (TPSA) is 54.3 Å². The van der Waals surface area contributed by atoms with Crippen molar-refractivity contribution in [1.82, 2.24) is 9.88 Å². The first-order chi connectivity index (χ1) is 13.0. The summed E-state index contributed by atoms with van der Waals surface area (Å²) in [4.78, 5) is 13.1. The molecule has 1 aromatic carbocycles. The van der Waals surface area contributed by atoms with Gasteiger partial charge in [-0.05, 0) is 36.4 Å². The summed E-state index contributed by atoms with van der Waals surface area (Å²) in [6.45, 7) is 9.59. The molecular weight excluding hydrogens is 356 g/mol. The van der Waals surface area contributed by atoms with Crippen molar-refractivity contribution < 1.29 is 9.90 Å². The van der Waals surface area contributed by atoms with E-state index in [1.807, 2.05) is 43.5 Å². The summed E-state index contributed by atoms with van der Waals surface area (Å²) in [6, 6.07) is 12.3. The Morgan fingerprint density at radius 3 is 2.52 bits per heavy atom. The van der Waals surface area contributed by atoms with E-state index in [1.165, 1.54) is 4.88 Å².